The lowest BCUT2D eigenvalue weighted by Crippen LogP contribution is -2.12. The van der Waals surface area contributed by atoms with E-state index in [9.17, 15) is 0 Å². The van der Waals surface area contributed by atoms with Gasteiger partial charge in [-0.2, -0.15) is 0 Å². The zero-order chi connectivity index (χ0) is 38.9. The van der Waals surface area contributed by atoms with Gasteiger partial charge in [-0.25, -0.2) is 0 Å². The minimum Gasteiger partial charge on any atom is -0.456 e. The Kier molecular flexibility index (Phi) is 7.75. The summed E-state index contributed by atoms with van der Waals surface area (Å²) >= 11 is 1.87. The first-order chi connectivity index (χ1) is 29.3. The van der Waals surface area contributed by atoms with Crippen LogP contribution >= 0.6 is 11.3 Å². The van der Waals surface area contributed by atoms with Gasteiger partial charge in [-0.05, 0) is 92.5 Å². The molecule has 12 aromatic rings. The number of benzene rings is 10. The van der Waals surface area contributed by atoms with E-state index in [1.807, 2.05) is 23.5 Å². The van der Waals surface area contributed by atoms with E-state index < -0.39 is 0 Å². The Morgan fingerprint density at radius 2 is 0.898 bits per heavy atom. The van der Waals surface area contributed by atoms with Gasteiger partial charge in [0, 0.05) is 53.3 Å². The molecule has 0 saturated carbocycles. The fraction of sp³-hybridized carbons (Fsp3) is 0. The normalized spacial score (nSPS) is 11.7. The number of fused-ring (bicyclic) bond motifs is 9. The topological polar surface area (TPSA) is 16.4 Å². The van der Waals surface area contributed by atoms with Gasteiger partial charge in [0.2, 0.25) is 0 Å². The summed E-state index contributed by atoms with van der Waals surface area (Å²) < 4.78 is 8.93. The van der Waals surface area contributed by atoms with Crippen molar-refractivity contribution in [3.63, 3.8) is 0 Å². The highest BCUT2D eigenvalue weighted by atomic mass is 32.1. The van der Waals surface area contributed by atoms with Crippen molar-refractivity contribution in [1.29, 1.82) is 0 Å². The van der Waals surface area contributed by atoms with Gasteiger partial charge < -0.3 is 9.32 Å². The Balaban J connectivity index is 1.07. The second kappa shape index (κ2) is 13.6. The first-order valence-corrected chi connectivity index (χ1v) is 20.9. The van der Waals surface area contributed by atoms with Crippen LogP contribution in [-0.2, 0) is 0 Å². The minimum atomic E-state index is 0.899. The quantitative estimate of drug-likeness (QED) is 0.157. The maximum Gasteiger partial charge on any atom is 0.136 e. The lowest BCUT2D eigenvalue weighted by atomic mass is 9.90. The Labute approximate surface area is 345 Å². The van der Waals surface area contributed by atoms with E-state index in [2.05, 4.69) is 205 Å². The molecule has 0 atom stereocenters. The van der Waals surface area contributed by atoms with E-state index in [0.29, 0.717) is 0 Å². The van der Waals surface area contributed by atoms with E-state index in [4.69, 9.17) is 4.42 Å². The fourth-order valence-electron chi connectivity index (χ4n) is 9.13. The summed E-state index contributed by atoms with van der Waals surface area (Å²) in [5.74, 6) is 0. The van der Waals surface area contributed by atoms with Crippen LogP contribution in [0.25, 0.3) is 97.0 Å². The van der Waals surface area contributed by atoms with Crippen molar-refractivity contribution in [3.05, 3.63) is 212 Å². The smallest absolute Gasteiger partial charge is 0.136 e. The molecule has 3 heteroatoms. The molecule has 0 saturated heterocycles. The van der Waals surface area contributed by atoms with Crippen molar-refractivity contribution in [2.24, 2.45) is 0 Å². The van der Waals surface area contributed by atoms with Crippen LogP contribution in [0.2, 0.25) is 0 Å². The first-order valence-electron chi connectivity index (χ1n) is 20.1. The summed E-state index contributed by atoms with van der Waals surface area (Å²) in [7, 11) is 0. The van der Waals surface area contributed by atoms with Crippen LogP contribution < -0.4 is 4.90 Å². The van der Waals surface area contributed by atoms with Crippen molar-refractivity contribution < 1.29 is 4.42 Å². The highest BCUT2D eigenvalue weighted by Gasteiger charge is 2.24. The molecule has 12 rings (SSSR count). The summed E-state index contributed by atoms with van der Waals surface area (Å²) in [6.45, 7) is 0. The van der Waals surface area contributed by atoms with Crippen LogP contribution in [0.5, 0.6) is 0 Å². The van der Waals surface area contributed by atoms with Gasteiger partial charge in [-0.3, -0.25) is 0 Å². The molecule has 2 nitrogen and oxygen atoms in total. The predicted molar refractivity (Wildman–Crippen MR) is 253 cm³/mol. The van der Waals surface area contributed by atoms with Crippen LogP contribution in [0.4, 0.5) is 17.1 Å². The van der Waals surface area contributed by atoms with Gasteiger partial charge in [-0.15, -0.1) is 11.3 Å². The van der Waals surface area contributed by atoms with Gasteiger partial charge >= 0.3 is 0 Å². The molecule has 0 radical (unpaired) electrons. The summed E-state index contributed by atoms with van der Waals surface area (Å²) in [4.78, 5) is 2.47. The molecular weight excluding hydrogens is 735 g/mol. The third-order valence-electron chi connectivity index (χ3n) is 11.9. The second-order valence-corrected chi connectivity index (χ2v) is 16.3. The van der Waals surface area contributed by atoms with Crippen LogP contribution in [0.1, 0.15) is 0 Å². The molecule has 0 bridgehead atoms. The lowest BCUT2D eigenvalue weighted by Gasteiger charge is -2.31. The third kappa shape index (κ3) is 5.47. The van der Waals surface area contributed by atoms with Crippen LogP contribution in [0.15, 0.2) is 217 Å². The van der Waals surface area contributed by atoms with E-state index in [-0.39, 0.29) is 0 Å². The molecule has 0 unspecified atom stereocenters. The fourth-order valence-corrected chi connectivity index (χ4v) is 10.4. The predicted octanol–water partition coefficient (Wildman–Crippen LogP) is 16.7. The number of anilines is 3. The van der Waals surface area contributed by atoms with Crippen molar-refractivity contribution in [2.75, 3.05) is 4.90 Å². The Morgan fingerprint density at radius 1 is 0.339 bits per heavy atom. The highest BCUT2D eigenvalue weighted by Crippen LogP contribution is 2.50. The lowest BCUT2D eigenvalue weighted by molar-refractivity contribution is 0.669. The molecule has 59 heavy (non-hydrogen) atoms. The SMILES string of the molecule is c1ccc(-c2c(N(c3ccc(-c4ccc5c(c4)oc4ccccc45)cc3)c3ccc(-c4cccc5c4sc4ccccc45)cc3)c3ccccc3c3ccccc23)cc1. The summed E-state index contributed by atoms with van der Waals surface area (Å²) in [6, 6.07) is 77.0. The molecule has 2 heterocycles. The Morgan fingerprint density at radius 3 is 1.66 bits per heavy atom. The number of nitrogens with zero attached hydrogens (tertiary/aromatic N) is 1. The molecule has 0 aliphatic heterocycles. The highest BCUT2D eigenvalue weighted by molar-refractivity contribution is 7.26. The van der Waals surface area contributed by atoms with Crippen LogP contribution in [0, 0.1) is 0 Å². The maximum atomic E-state index is 6.30. The summed E-state index contributed by atoms with van der Waals surface area (Å²) in [5, 5.41) is 9.79. The average Bonchev–Trinajstić information content (AvgIpc) is 3.88. The molecule has 2 aromatic heterocycles. The van der Waals surface area contributed by atoms with Gasteiger partial charge in [0.05, 0.1) is 5.69 Å². The summed E-state index contributed by atoms with van der Waals surface area (Å²) in [6.07, 6.45) is 0. The standard InChI is InChI=1S/C56H35NOS/c1-2-13-38(14-3-1)54-48-19-6-4-15-43(48)44-16-5-7-20-49(44)55(54)57(40-30-25-36(26-31-40)39-29-34-46-45-17-8-10-23-51(45)58-52(46)35-39)41-32-27-37(28-33-41)42-21-12-22-50-47-18-9-11-24-53(47)59-56(42)50/h1-35H. The van der Waals surface area contributed by atoms with Gasteiger partial charge in [0.15, 0.2) is 0 Å². The molecule has 0 aliphatic rings. The van der Waals surface area contributed by atoms with Crippen molar-refractivity contribution in [1.82, 2.24) is 0 Å². The van der Waals surface area contributed by atoms with Gasteiger partial charge in [-0.1, -0.05) is 164 Å². The molecule has 0 fully saturated rings. The van der Waals surface area contributed by atoms with Gasteiger partial charge in [0.1, 0.15) is 11.2 Å². The molecular formula is C56H35NOS. The third-order valence-corrected chi connectivity index (χ3v) is 13.1. The van der Waals surface area contributed by atoms with Crippen molar-refractivity contribution >= 4 is 92.1 Å². The molecule has 10 aromatic carbocycles. The second-order valence-electron chi connectivity index (χ2n) is 15.2. The number of para-hydroxylation sites is 1. The first kappa shape index (κ1) is 33.7. The number of hydrogen-bond donors (Lipinski definition) is 0. The van der Waals surface area contributed by atoms with E-state index in [0.717, 1.165) is 50.1 Å². The zero-order valence-corrected chi connectivity index (χ0v) is 32.8. The molecule has 0 N–H and O–H groups in total. The largest absolute Gasteiger partial charge is 0.456 e. The Bertz CT molecular complexity index is 3540. The monoisotopic (exact) mass is 769 g/mol. The molecule has 0 amide bonds. The zero-order valence-electron chi connectivity index (χ0n) is 32.0. The van der Waals surface area contributed by atoms with Crippen molar-refractivity contribution in [2.45, 2.75) is 0 Å². The number of rotatable bonds is 6. The summed E-state index contributed by atoms with van der Waals surface area (Å²) in [5.41, 5.74) is 12.2. The van der Waals surface area contributed by atoms with Crippen LogP contribution in [0.3, 0.4) is 0 Å². The minimum absolute atomic E-state index is 0.899. The van der Waals surface area contributed by atoms with Crippen molar-refractivity contribution in [3.8, 4) is 33.4 Å². The van der Waals surface area contributed by atoms with Crippen LogP contribution in [-0.4, -0.2) is 0 Å². The molecule has 276 valence electrons. The molecule has 0 aliphatic carbocycles. The number of thiophene rings is 1. The Hall–Kier alpha value is -7.46. The van der Waals surface area contributed by atoms with E-state index in [1.165, 1.54) is 64.0 Å². The number of hydrogen-bond acceptors (Lipinski definition) is 3. The molecule has 0 spiro atoms. The van der Waals surface area contributed by atoms with E-state index >= 15 is 0 Å². The van der Waals surface area contributed by atoms with Gasteiger partial charge in [0.25, 0.3) is 0 Å². The van der Waals surface area contributed by atoms with E-state index in [1.54, 1.807) is 0 Å². The number of furan rings is 1. The average molecular weight is 770 g/mol. The maximum absolute atomic E-state index is 6.30.